The Labute approximate surface area is 233 Å². The smallest absolute Gasteiger partial charge is 0.0696 e. The summed E-state index contributed by atoms with van der Waals surface area (Å²) in [5, 5.41) is 3.29. The van der Waals surface area contributed by atoms with Crippen molar-refractivity contribution in [3.63, 3.8) is 0 Å². The highest BCUT2D eigenvalue weighted by atomic mass is 32.2. The maximum Gasteiger partial charge on any atom is 0.0696 e. The molecule has 3 rings (SSSR count). The molecule has 1 heterocycles. The van der Waals surface area contributed by atoms with E-state index in [1.165, 1.54) is 19.3 Å². The van der Waals surface area contributed by atoms with Gasteiger partial charge in [-0.05, 0) is 67.8 Å². The van der Waals surface area contributed by atoms with Gasteiger partial charge in [-0.15, -0.1) is 0 Å². The number of benzene rings is 1. The lowest BCUT2D eigenvalue weighted by molar-refractivity contribution is 0.381. The van der Waals surface area contributed by atoms with Crippen molar-refractivity contribution in [2.45, 2.75) is 64.8 Å². The van der Waals surface area contributed by atoms with E-state index < -0.39 is 9.71 Å². The zero-order chi connectivity index (χ0) is 27.6. The molecule has 0 saturated heterocycles. The molecule has 2 unspecified atom stereocenters. The number of hydrogen-bond donors (Lipinski definition) is 1. The second-order valence-electron chi connectivity index (χ2n) is 9.44. The summed E-state index contributed by atoms with van der Waals surface area (Å²) in [7, 11) is -0.838. The van der Waals surface area contributed by atoms with Crippen LogP contribution < -0.4 is 5.32 Å². The molecule has 0 bridgehead atoms. The van der Waals surface area contributed by atoms with Crippen LogP contribution in [0.4, 0.5) is 0 Å². The normalized spacial score (nSPS) is 19.1. The monoisotopic (exact) mass is 532 g/mol. The number of hydrogen-bond acceptors (Lipinski definition) is 2. The highest BCUT2D eigenvalue weighted by molar-refractivity contribution is 7.98. The molecular weight excluding hydrogens is 484 g/mol. The standard InChI is InChI=1S/C25H32N2OS.C8H12.CH4/c1-9-12-20(10-2)21-13-11-14-22(17-21)29(8,28)27-16-15-23(26-7)24(18(3)4)25(27)19(5)6;1-2-8-6-4-3-5-7-8;/h9-14,17,25-26H,1-3,5,8,15-16H2,4,6-7H3;3-4,6H,2,5,7H2,1H3;1H4/b20-12+;;. The van der Waals surface area contributed by atoms with Gasteiger partial charge >= 0.3 is 0 Å². The average molecular weight is 533 g/mol. The first kappa shape index (κ1) is 32.9. The first-order valence-electron chi connectivity index (χ1n) is 12.9. The van der Waals surface area contributed by atoms with Crippen molar-refractivity contribution in [2.75, 3.05) is 13.6 Å². The van der Waals surface area contributed by atoms with E-state index in [9.17, 15) is 4.21 Å². The highest BCUT2D eigenvalue weighted by Crippen LogP contribution is 2.35. The second kappa shape index (κ2) is 15.4. The van der Waals surface area contributed by atoms with Crippen LogP contribution in [0.3, 0.4) is 0 Å². The summed E-state index contributed by atoms with van der Waals surface area (Å²) in [5.41, 5.74) is 7.48. The Bertz CT molecular complexity index is 1250. The van der Waals surface area contributed by atoms with Gasteiger partial charge < -0.3 is 5.32 Å². The van der Waals surface area contributed by atoms with Crippen LogP contribution >= 0.6 is 0 Å². The summed E-state index contributed by atoms with van der Waals surface area (Å²) in [6, 6.07) is 7.48. The number of nitrogens with one attached hydrogen (secondary N) is 1. The molecule has 2 aliphatic rings. The van der Waals surface area contributed by atoms with E-state index >= 15 is 0 Å². The van der Waals surface area contributed by atoms with Gasteiger partial charge in [0.25, 0.3) is 0 Å². The Morgan fingerprint density at radius 2 is 1.92 bits per heavy atom. The SMILES string of the molecule is C.C=C/C=C(\C=C)c1cccc(S(=C)(=O)N2CCC(NC)=C(C(=C)C)C2C(=C)C)c1.CCC1=CC=CCC1. The summed E-state index contributed by atoms with van der Waals surface area (Å²) in [4.78, 5) is 0.687. The van der Waals surface area contributed by atoms with E-state index in [1.54, 1.807) is 17.7 Å². The fourth-order valence-electron chi connectivity index (χ4n) is 4.72. The van der Waals surface area contributed by atoms with Crippen LogP contribution in [0.5, 0.6) is 0 Å². The summed E-state index contributed by atoms with van der Waals surface area (Å²) >= 11 is 0. The molecule has 1 aliphatic carbocycles. The van der Waals surface area contributed by atoms with E-state index in [1.807, 2.05) is 55.5 Å². The van der Waals surface area contributed by atoms with Gasteiger partial charge in [0.2, 0.25) is 0 Å². The molecule has 1 aliphatic heterocycles. The summed E-state index contributed by atoms with van der Waals surface area (Å²) in [6.07, 6.45) is 16.5. The molecule has 0 fully saturated rings. The van der Waals surface area contributed by atoms with Crippen molar-refractivity contribution in [2.24, 2.45) is 0 Å². The molecule has 1 aromatic carbocycles. The van der Waals surface area contributed by atoms with Crippen molar-refractivity contribution in [1.82, 2.24) is 9.62 Å². The third kappa shape index (κ3) is 7.96. The fourth-order valence-corrected chi connectivity index (χ4v) is 6.61. The minimum atomic E-state index is -2.75. The molecule has 0 amide bonds. The van der Waals surface area contributed by atoms with Crippen LogP contribution in [0, 0.1) is 0 Å². The molecule has 3 nitrogen and oxygen atoms in total. The van der Waals surface area contributed by atoms with Gasteiger partial charge in [0.15, 0.2) is 0 Å². The van der Waals surface area contributed by atoms with Crippen molar-refractivity contribution >= 4 is 21.2 Å². The Morgan fingerprint density at radius 1 is 1.21 bits per heavy atom. The van der Waals surface area contributed by atoms with Gasteiger partial charge in [-0.2, -0.15) is 0 Å². The van der Waals surface area contributed by atoms with Crippen molar-refractivity contribution < 1.29 is 4.21 Å². The molecule has 0 aromatic heterocycles. The molecule has 1 aromatic rings. The lowest BCUT2D eigenvalue weighted by atomic mass is 9.90. The first-order chi connectivity index (χ1) is 17.6. The second-order valence-corrected chi connectivity index (χ2v) is 11.7. The van der Waals surface area contributed by atoms with Gasteiger partial charge in [0.1, 0.15) is 0 Å². The predicted molar refractivity (Wildman–Crippen MR) is 173 cm³/mol. The van der Waals surface area contributed by atoms with Crippen LogP contribution in [0.25, 0.3) is 5.57 Å². The quantitative estimate of drug-likeness (QED) is 0.197. The van der Waals surface area contributed by atoms with Crippen LogP contribution in [-0.4, -0.2) is 34.0 Å². The van der Waals surface area contributed by atoms with E-state index in [2.05, 4.69) is 62.7 Å². The fraction of sp³-hybridized carbons (Fsp3) is 0.324. The number of rotatable bonds is 9. The topological polar surface area (TPSA) is 32.3 Å². The average Bonchev–Trinajstić information content (AvgIpc) is 2.91. The van der Waals surface area contributed by atoms with Crippen molar-refractivity contribution in [1.29, 1.82) is 0 Å². The predicted octanol–water partition coefficient (Wildman–Crippen LogP) is 8.44. The summed E-state index contributed by atoms with van der Waals surface area (Å²) in [6.45, 7) is 22.8. The van der Waals surface area contributed by atoms with Crippen LogP contribution in [0.1, 0.15) is 59.4 Å². The van der Waals surface area contributed by atoms with Gasteiger partial charge in [-0.1, -0.05) is 106 Å². The lowest BCUT2D eigenvalue weighted by Gasteiger charge is -2.41. The Kier molecular flexibility index (Phi) is 13.3. The molecule has 0 radical (unpaired) electrons. The van der Waals surface area contributed by atoms with Crippen LogP contribution in [-0.2, 0) is 9.71 Å². The minimum Gasteiger partial charge on any atom is -0.391 e. The number of nitrogens with zero attached hydrogens (tertiary/aromatic N) is 1. The first-order valence-corrected chi connectivity index (χ1v) is 14.6. The maximum absolute atomic E-state index is 14.1. The summed E-state index contributed by atoms with van der Waals surface area (Å²) < 4.78 is 16.1. The molecule has 206 valence electrons. The van der Waals surface area contributed by atoms with E-state index in [0.29, 0.717) is 11.4 Å². The molecule has 0 saturated carbocycles. The van der Waals surface area contributed by atoms with Gasteiger partial charge in [-0.25, -0.2) is 8.51 Å². The molecule has 2 atom stereocenters. The highest BCUT2D eigenvalue weighted by Gasteiger charge is 2.35. The Hall–Kier alpha value is -3.08. The third-order valence-electron chi connectivity index (χ3n) is 6.68. The van der Waals surface area contributed by atoms with Crippen molar-refractivity contribution in [3.8, 4) is 0 Å². The van der Waals surface area contributed by atoms with Gasteiger partial charge in [-0.3, -0.25) is 0 Å². The van der Waals surface area contributed by atoms with Crippen LogP contribution in [0.15, 0.2) is 120 Å². The lowest BCUT2D eigenvalue weighted by Crippen LogP contribution is -2.47. The Morgan fingerprint density at radius 3 is 2.39 bits per heavy atom. The van der Waals surface area contributed by atoms with E-state index in [0.717, 1.165) is 40.0 Å². The maximum atomic E-state index is 14.1. The number of allylic oxidation sites excluding steroid dienone is 8. The molecule has 38 heavy (non-hydrogen) atoms. The van der Waals surface area contributed by atoms with Gasteiger partial charge in [0, 0.05) is 30.6 Å². The molecular formula is C34H48N2OS. The molecule has 0 spiro atoms. The zero-order valence-corrected chi connectivity index (χ0v) is 24.0. The summed E-state index contributed by atoms with van der Waals surface area (Å²) in [5.74, 6) is 4.19. The molecule has 1 N–H and O–H groups in total. The van der Waals surface area contributed by atoms with E-state index in [-0.39, 0.29) is 13.5 Å². The zero-order valence-electron chi connectivity index (χ0n) is 23.2. The third-order valence-corrected chi connectivity index (χ3v) is 8.82. The van der Waals surface area contributed by atoms with Gasteiger partial charge in [0.05, 0.1) is 15.7 Å². The molecule has 4 heteroatoms. The van der Waals surface area contributed by atoms with Crippen LogP contribution in [0.2, 0.25) is 0 Å². The largest absolute Gasteiger partial charge is 0.391 e. The van der Waals surface area contributed by atoms with Crippen molar-refractivity contribution in [3.05, 3.63) is 121 Å². The minimum absolute atomic E-state index is 0. The van der Waals surface area contributed by atoms with E-state index in [4.69, 9.17) is 0 Å². The Balaban J connectivity index is 0.000000684.